The van der Waals surface area contributed by atoms with Crippen molar-refractivity contribution in [2.45, 2.75) is 36.6 Å². The lowest BCUT2D eigenvalue weighted by Crippen LogP contribution is -2.46. The third-order valence-corrected chi connectivity index (χ3v) is 6.56. The lowest BCUT2D eigenvalue weighted by Gasteiger charge is -2.31. The average molecular weight is 392 g/mol. The van der Waals surface area contributed by atoms with Crippen LogP contribution in [0.3, 0.4) is 0 Å². The number of amides is 1. The molecule has 2 atom stereocenters. The van der Waals surface area contributed by atoms with Crippen LogP contribution in [0.25, 0.3) is 0 Å². The van der Waals surface area contributed by atoms with Crippen molar-refractivity contribution in [1.29, 1.82) is 0 Å². The molecule has 2 aliphatic rings. The van der Waals surface area contributed by atoms with E-state index in [0.29, 0.717) is 19.6 Å². The minimum Gasteiger partial charge on any atom is -0.354 e. The molecule has 1 amide bonds. The molecule has 2 aliphatic heterocycles. The zero-order valence-corrected chi connectivity index (χ0v) is 16.0. The molecule has 8 nitrogen and oxygen atoms in total. The van der Waals surface area contributed by atoms with Crippen LogP contribution in [0, 0.1) is 5.92 Å². The lowest BCUT2D eigenvalue weighted by molar-refractivity contribution is -0.123. The molecule has 2 fully saturated rings. The molecule has 1 aromatic rings. The summed E-state index contributed by atoms with van der Waals surface area (Å²) in [7, 11) is -1.80. The Labute approximate surface area is 154 Å². The van der Waals surface area contributed by atoms with Crippen LogP contribution in [-0.4, -0.2) is 60.6 Å². The molecule has 10 heteroatoms. The Morgan fingerprint density at radius 2 is 2.20 bits per heavy atom. The molecular weight excluding hydrogens is 366 g/mol. The first kappa shape index (κ1) is 20.2. The minimum atomic E-state index is -3.50. The molecule has 3 heterocycles. The number of hydrogen-bond acceptors (Lipinski definition) is 5. The Morgan fingerprint density at radius 1 is 1.40 bits per heavy atom. The van der Waals surface area contributed by atoms with Gasteiger partial charge in [0.15, 0.2) is 0 Å². The molecule has 25 heavy (non-hydrogen) atoms. The van der Waals surface area contributed by atoms with E-state index in [1.165, 1.54) is 21.4 Å². The van der Waals surface area contributed by atoms with Crippen molar-refractivity contribution in [1.82, 2.24) is 24.7 Å². The normalized spacial score (nSPS) is 24.7. The fourth-order valence-corrected chi connectivity index (χ4v) is 4.91. The van der Waals surface area contributed by atoms with Crippen molar-refractivity contribution < 1.29 is 13.2 Å². The quantitative estimate of drug-likeness (QED) is 0.742. The molecule has 0 radical (unpaired) electrons. The van der Waals surface area contributed by atoms with Crippen LogP contribution in [0.5, 0.6) is 0 Å². The summed E-state index contributed by atoms with van der Waals surface area (Å²) in [5, 5.41) is 10.1. The zero-order valence-electron chi connectivity index (χ0n) is 14.3. The van der Waals surface area contributed by atoms with Crippen molar-refractivity contribution >= 4 is 28.3 Å². The van der Waals surface area contributed by atoms with E-state index in [1.54, 1.807) is 7.05 Å². The van der Waals surface area contributed by atoms with Crippen molar-refractivity contribution in [3.63, 3.8) is 0 Å². The summed E-state index contributed by atoms with van der Waals surface area (Å²) < 4.78 is 28.3. The van der Waals surface area contributed by atoms with E-state index < -0.39 is 10.0 Å². The van der Waals surface area contributed by atoms with Gasteiger partial charge < -0.3 is 10.6 Å². The molecule has 1 aromatic heterocycles. The number of piperidine rings is 1. The summed E-state index contributed by atoms with van der Waals surface area (Å²) in [6.45, 7) is 2.37. The molecule has 3 rings (SSSR count). The van der Waals surface area contributed by atoms with Crippen molar-refractivity contribution in [2.75, 3.05) is 26.2 Å². The molecule has 2 unspecified atom stereocenters. The van der Waals surface area contributed by atoms with Gasteiger partial charge in [0.25, 0.3) is 0 Å². The third-order valence-electron chi connectivity index (χ3n) is 4.74. The van der Waals surface area contributed by atoms with Crippen LogP contribution in [0.2, 0.25) is 0 Å². The molecule has 0 spiro atoms. The number of halogens is 1. The fraction of sp³-hybridized carbons (Fsp3) is 0.733. The van der Waals surface area contributed by atoms with Gasteiger partial charge in [0.1, 0.15) is 4.90 Å². The molecular formula is C15H26ClN5O3S. The Kier molecular flexibility index (Phi) is 6.84. The van der Waals surface area contributed by atoms with Crippen LogP contribution in [-0.2, 0) is 21.9 Å². The highest BCUT2D eigenvalue weighted by molar-refractivity contribution is 7.89. The second kappa shape index (κ2) is 8.48. The van der Waals surface area contributed by atoms with Crippen LogP contribution in [0.4, 0.5) is 0 Å². The van der Waals surface area contributed by atoms with Gasteiger partial charge in [-0.3, -0.25) is 9.48 Å². The number of nitrogens with zero attached hydrogens (tertiary/aromatic N) is 3. The topological polar surface area (TPSA) is 96.3 Å². The van der Waals surface area contributed by atoms with Gasteiger partial charge in [-0.2, -0.15) is 9.40 Å². The van der Waals surface area contributed by atoms with Crippen molar-refractivity contribution in [2.24, 2.45) is 13.0 Å². The van der Waals surface area contributed by atoms with Crippen molar-refractivity contribution in [3.05, 3.63) is 12.4 Å². The van der Waals surface area contributed by atoms with Crippen LogP contribution in [0.15, 0.2) is 17.3 Å². The first-order valence-electron chi connectivity index (χ1n) is 8.47. The predicted octanol–water partition coefficient (Wildman–Crippen LogP) is 0.111. The summed E-state index contributed by atoms with van der Waals surface area (Å²) >= 11 is 0. The SMILES string of the molecule is Cl.Cn1cc(S(=O)(=O)N2CCCC(CNC(=O)C3CCCN3)C2)cn1. The Bertz CT molecular complexity index is 687. The highest BCUT2D eigenvalue weighted by Crippen LogP contribution is 2.23. The van der Waals surface area contributed by atoms with E-state index in [4.69, 9.17) is 0 Å². The van der Waals surface area contributed by atoms with Gasteiger partial charge in [0.2, 0.25) is 15.9 Å². The number of hydrogen-bond donors (Lipinski definition) is 2. The van der Waals surface area contributed by atoms with Gasteiger partial charge >= 0.3 is 0 Å². The minimum absolute atomic E-state index is 0. The van der Waals surface area contributed by atoms with E-state index in [9.17, 15) is 13.2 Å². The van der Waals surface area contributed by atoms with Crippen molar-refractivity contribution in [3.8, 4) is 0 Å². The maximum Gasteiger partial charge on any atom is 0.246 e. The van der Waals surface area contributed by atoms with Gasteiger partial charge in [-0.25, -0.2) is 8.42 Å². The van der Waals surface area contributed by atoms with Gasteiger partial charge in [-0.1, -0.05) is 0 Å². The number of sulfonamides is 1. The maximum atomic E-state index is 12.7. The monoisotopic (exact) mass is 391 g/mol. The number of carbonyl (C=O) groups is 1. The number of carbonyl (C=O) groups excluding carboxylic acids is 1. The Morgan fingerprint density at radius 3 is 2.84 bits per heavy atom. The molecule has 0 aliphatic carbocycles. The average Bonchev–Trinajstić information content (AvgIpc) is 3.24. The number of nitrogens with one attached hydrogen (secondary N) is 2. The smallest absolute Gasteiger partial charge is 0.246 e. The number of rotatable bonds is 5. The number of aryl methyl sites for hydroxylation is 1. The van der Waals surface area contributed by atoms with E-state index in [-0.39, 0.29) is 35.2 Å². The van der Waals surface area contributed by atoms with Crippen LogP contribution in [0.1, 0.15) is 25.7 Å². The molecule has 0 aromatic carbocycles. The summed E-state index contributed by atoms with van der Waals surface area (Å²) in [4.78, 5) is 12.3. The molecule has 2 N–H and O–H groups in total. The largest absolute Gasteiger partial charge is 0.354 e. The fourth-order valence-electron chi connectivity index (χ4n) is 3.37. The molecule has 142 valence electrons. The highest BCUT2D eigenvalue weighted by atomic mass is 35.5. The van der Waals surface area contributed by atoms with Gasteiger partial charge in [0.05, 0.1) is 12.2 Å². The van der Waals surface area contributed by atoms with E-state index >= 15 is 0 Å². The van der Waals surface area contributed by atoms with Crippen LogP contribution >= 0.6 is 12.4 Å². The number of aromatic nitrogens is 2. The first-order valence-corrected chi connectivity index (χ1v) is 9.91. The van der Waals surface area contributed by atoms with E-state index in [2.05, 4.69) is 15.7 Å². The van der Waals surface area contributed by atoms with E-state index in [0.717, 1.165) is 32.2 Å². The summed E-state index contributed by atoms with van der Waals surface area (Å²) in [6, 6.07) is -0.0937. The second-order valence-electron chi connectivity index (χ2n) is 6.62. The second-order valence-corrected chi connectivity index (χ2v) is 8.55. The summed E-state index contributed by atoms with van der Waals surface area (Å²) in [5.41, 5.74) is 0. The van der Waals surface area contributed by atoms with Crippen LogP contribution < -0.4 is 10.6 Å². The third kappa shape index (κ3) is 4.72. The first-order chi connectivity index (χ1) is 11.5. The van der Waals surface area contributed by atoms with Gasteiger partial charge in [0, 0.05) is 32.9 Å². The Balaban J connectivity index is 0.00000225. The maximum absolute atomic E-state index is 12.7. The standard InChI is InChI=1S/C15H25N5O3S.ClH/c1-19-11-13(9-18-19)24(22,23)20-7-3-4-12(10-20)8-17-15(21)14-5-2-6-16-14;/h9,11-12,14,16H,2-8,10H2,1H3,(H,17,21);1H. The van der Waals surface area contributed by atoms with E-state index in [1.807, 2.05) is 0 Å². The van der Waals surface area contributed by atoms with Gasteiger partial charge in [-0.15, -0.1) is 12.4 Å². The molecule has 2 saturated heterocycles. The van der Waals surface area contributed by atoms with Gasteiger partial charge in [-0.05, 0) is 38.1 Å². The summed E-state index contributed by atoms with van der Waals surface area (Å²) in [6.07, 6.45) is 6.54. The predicted molar refractivity (Wildman–Crippen MR) is 96.0 cm³/mol. The highest BCUT2D eigenvalue weighted by Gasteiger charge is 2.31. The molecule has 0 saturated carbocycles. The summed E-state index contributed by atoms with van der Waals surface area (Å²) in [5.74, 6) is 0.176. The zero-order chi connectivity index (χ0) is 17.2. The molecule has 0 bridgehead atoms. The Hall–Kier alpha value is -1.16. The lowest BCUT2D eigenvalue weighted by atomic mass is 9.99.